The molecular formula is C20H40O2. The van der Waals surface area contributed by atoms with E-state index in [1.165, 1.54) is 89.9 Å². The maximum absolute atomic E-state index is 5.97. The van der Waals surface area contributed by atoms with E-state index in [1.54, 1.807) is 0 Å². The molecule has 0 N–H and O–H groups in total. The predicted octanol–water partition coefficient (Wildman–Crippen LogP) is 6.62. The molecule has 0 aromatic heterocycles. The zero-order valence-corrected chi connectivity index (χ0v) is 15.4. The summed E-state index contributed by atoms with van der Waals surface area (Å²) >= 11 is 0. The first kappa shape index (κ1) is 20.0. The Balaban J connectivity index is 2.07. The van der Waals surface area contributed by atoms with Crippen molar-refractivity contribution < 1.29 is 9.47 Å². The third kappa shape index (κ3) is 9.15. The molecule has 1 heterocycles. The first-order valence-corrected chi connectivity index (χ1v) is 10.1. The molecule has 22 heavy (non-hydrogen) atoms. The van der Waals surface area contributed by atoms with Gasteiger partial charge in [0, 0.05) is 0 Å². The molecule has 0 spiro atoms. The first-order chi connectivity index (χ1) is 10.8. The smallest absolute Gasteiger partial charge is 0.155 e. The van der Waals surface area contributed by atoms with Crippen LogP contribution in [0.15, 0.2) is 0 Å². The van der Waals surface area contributed by atoms with Crippen LogP contribution in [0, 0.1) is 0 Å². The van der Waals surface area contributed by atoms with Gasteiger partial charge < -0.3 is 9.47 Å². The van der Waals surface area contributed by atoms with E-state index in [0.717, 1.165) is 0 Å². The van der Waals surface area contributed by atoms with Crippen molar-refractivity contribution in [3.63, 3.8) is 0 Å². The third-order valence-electron chi connectivity index (χ3n) is 4.83. The van der Waals surface area contributed by atoms with Crippen molar-refractivity contribution in [1.82, 2.24) is 0 Å². The fourth-order valence-corrected chi connectivity index (χ4v) is 3.46. The SMILES string of the molecule is CCCCCCCCC1OC(C)OC1CCCCCCCC. The molecule has 0 aromatic rings. The Bertz CT molecular complexity index is 218. The van der Waals surface area contributed by atoms with Gasteiger partial charge in [-0.1, -0.05) is 90.9 Å². The minimum Gasteiger partial charge on any atom is -0.347 e. The van der Waals surface area contributed by atoms with Crippen molar-refractivity contribution in [2.75, 3.05) is 0 Å². The molecule has 0 bridgehead atoms. The highest BCUT2D eigenvalue weighted by molar-refractivity contribution is 4.76. The summed E-state index contributed by atoms with van der Waals surface area (Å²) in [6, 6.07) is 0. The molecule has 2 heteroatoms. The molecule has 2 atom stereocenters. The predicted molar refractivity (Wildman–Crippen MR) is 95.2 cm³/mol. The fraction of sp³-hybridized carbons (Fsp3) is 1.00. The van der Waals surface area contributed by atoms with Crippen LogP contribution in [0.2, 0.25) is 0 Å². The van der Waals surface area contributed by atoms with Crippen LogP contribution in [0.4, 0.5) is 0 Å². The summed E-state index contributed by atoms with van der Waals surface area (Å²) in [5, 5.41) is 0. The Kier molecular flexibility index (Phi) is 12.1. The van der Waals surface area contributed by atoms with Crippen LogP contribution in [0.5, 0.6) is 0 Å². The van der Waals surface area contributed by atoms with Crippen LogP contribution >= 0.6 is 0 Å². The molecule has 0 amide bonds. The monoisotopic (exact) mass is 312 g/mol. The number of rotatable bonds is 14. The fourth-order valence-electron chi connectivity index (χ4n) is 3.46. The molecular weight excluding hydrogens is 272 g/mol. The summed E-state index contributed by atoms with van der Waals surface area (Å²) in [6.45, 7) is 6.60. The lowest BCUT2D eigenvalue weighted by Crippen LogP contribution is -2.22. The average Bonchev–Trinajstić information content (AvgIpc) is 2.86. The lowest BCUT2D eigenvalue weighted by Gasteiger charge is -2.16. The van der Waals surface area contributed by atoms with Crippen LogP contribution in [0.25, 0.3) is 0 Å². The molecule has 2 unspecified atom stereocenters. The van der Waals surface area contributed by atoms with Crippen molar-refractivity contribution in [3.05, 3.63) is 0 Å². The second kappa shape index (κ2) is 13.4. The van der Waals surface area contributed by atoms with Crippen LogP contribution in [-0.2, 0) is 9.47 Å². The summed E-state index contributed by atoms with van der Waals surface area (Å²) in [6.07, 6.45) is 19.4. The van der Waals surface area contributed by atoms with Gasteiger partial charge in [0.2, 0.25) is 0 Å². The van der Waals surface area contributed by atoms with Gasteiger partial charge in [0.15, 0.2) is 6.29 Å². The van der Waals surface area contributed by atoms with Crippen LogP contribution in [0.1, 0.15) is 111 Å². The summed E-state index contributed by atoms with van der Waals surface area (Å²) in [7, 11) is 0. The summed E-state index contributed by atoms with van der Waals surface area (Å²) < 4.78 is 11.9. The van der Waals surface area contributed by atoms with E-state index >= 15 is 0 Å². The van der Waals surface area contributed by atoms with Gasteiger partial charge >= 0.3 is 0 Å². The van der Waals surface area contributed by atoms with Gasteiger partial charge in [-0.25, -0.2) is 0 Å². The lowest BCUT2D eigenvalue weighted by atomic mass is 10.00. The molecule has 0 radical (unpaired) electrons. The van der Waals surface area contributed by atoms with Crippen molar-refractivity contribution in [2.45, 2.75) is 129 Å². The van der Waals surface area contributed by atoms with Gasteiger partial charge in [-0.15, -0.1) is 0 Å². The van der Waals surface area contributed by atoms with E-state index < -0.39 is 0 Å². The van der Waals surface area contributed by atoms with Gasteiger partial charge in [0.05, 0.1) is 12.2 Å². The van der Waals surface area contributed by atoms with E-state index in [9.17, 15) is 0 Å². The molecule has 0 aromatic carbocycles. The summed E-state index contributed by atoms with van der Waals surface area (Å²) in [4.78, 5) is 0. The quantitative estimate of drug-likeness (QED) is 0.336. The molecule has 0 saturated carbocycles. The topological polar surface area (TPSA) is 18.5 Å². The van der Waals surface area contributed by atoms with Gasteiger partial charge in [-0.05, 0) is 19.8 Å². The Morgan fingerprint density at radius 3 is 1.32 bits per heavy atom. The highest BCUT2D eigenvalue weighted by Crippen LogP contribution is 2.27. The van der Waals surface area contributed by atoms with E-state index in [1.807, 2.05) is 0 Å². The Morgan fingerprint density at radius 1 is 0.545 bits per heavy atom. The minimum atomic E-state index is 0.00943. The van der Waals surface area contributed by atoms with Gasteiger partial charge in [-0.3, -0.25) is 0 Å². The lowest BCUT2D eigenvalue weighted by molar-refractivity contribution is -0.0524. The molecule has 2 nitrogen and oxygen atoms in total. The van der Waals surface area contributed by atoms with Crippen molar-refractivity contribution in [3.8, 4) is 0 Å². The largest absolute Gasteiger partial charge is 0.347 e. The zero-order valence-electron chi connectivity index (χ0n) is 15.4. The maximum atomic E-state index is 5.97. The number of hydrogen-bond acceptors (Lipinski definition) is 2. The average molecular weight is 313 g/mol. The summed E-state index contributed by atoms with van der Waals surface area (Å²) in [5.41, 5.74) is 0. The molecule has 1 rings (SSSR count). The zero-order chi connectivity index (χ0) is 16.0. The Morgan fingerprint density at radius 2 is 0.909 bits per heavy atom. The standard InChI is InChI=1S/C20H40O2/c1-4-6-8-10-12-14-16-19-20(22-18(3)21-19)17-15-13-11-9-7-5-2/h18-20H,4-17H2,1-3H3. The van der Waals surface area contributed by atoms with Crippen molar-refractivity contribution in [1.29, 1.82) is 0 Å². The second-order valence-electron chi connectivity index (χ2n) is 7.03. The maximum Gasteiger partial charge on any atom is 0.155 e. The highest BCUT2D eigenvalue weighted by atomic mass is 16.7. The molecule has 132 valence electrons. The van der Waals surface area contributed by atoms with Gasteiger partial charge in [-0.2, -0.15) is 0 Å². The minimum absolute atomic E-state index is 0.00943. The second-order valence-corrected chi connectivity index (χ2v) is 7.03. The van der Waals surface area contributed by atoms with Crippen molar-refractivity contribution in [2.24, 2.45) is 0 Å². The van der Waals surface area contributed by atoms with Gasteiger partial charge in [0.1, 0.15) is 0 Å². The summed E-state index contributed by atoms with van der Waals surface area (Å²) in [5.74, 6) is 0. The van der Waals surface area contributed by atoms with Crippen molar-refractivity contribution >= 4 is 0 Å². The number of ether oxygens (including phenoxy) is 2. The number of hydrogen-bond donors (Lipinski definition) is 0. The van der Waals surface area contributed by atoms with E-state index in [4.69, 9.17) is 9.47 Å². The molecule has 0 aliphatic carbocycles. The van der Waals surface area contributed by atoms with Crippen LogP contribution < -0.4 is 0 Å². The number of unbranched alkanes of at least 4 members (excludes halogenated alkanes) is 10. The molecule has 1 aliphatic heterocycles. The molecule has 1 aliphatic rings. The first-order valence-electron chi connectivity index (χ1n) is 10.1. The van der Waals surface area contributed by atoms with Gasteiger partial charge in [0.25, 0.3) is 0 Å². The van der Waals surface area contributed by atoms with Crippen LogP contribution in [-0.4, -0.2) is 18.5 Å². The van der Waals surface area contributed by atoms with Crippen LogP contribution in [0.3, 0.4) is 0 Å². The Hall–Kier alpha value is -0.0800. The van der Waals surface area contributed by atoms with E-state index in [0.29, 0.717) is 12.2 Å². The molecule has 1 saturated heterocycles. The molecule has 1 fully saturated rings. The third-order valence-corrected chi connectivity index (χ3v) is 4.83. The normalized spacial score (nSPS) is 25.0. The highest BCUT2D eigenvalue weighted by Gasteiger charge is 2.32. The van der Waals surface area contributed by atoms with E-state index in [-0.39, 0.29) is 6.29 Å². The van der Waals surface area contributed by atoms with E-state index in [2.05, 4.69) is 20.8 Å². The Labute approximate surface area is 139 Å².